The SMILES string of the molecule is CO[C@H]1C[C@@H](c2c(O)c(C)cc(C(C)=O)c2O)OC1=O. The molecule has 0 aromatic heterocycles. The van der Waals surface area contributed by atoms with Gasteiger partial charge in [0.25, 0.3) is 0 Å². The van der Waals surface area contributed by atoms with E-state index >= 15 is 0 Å². The molecule has 2 rings (SSSR count). The predicted octanol–water partition coefficient (Wildman–Crippen LogP) is 1.61. The molecule has 0 spiro atoms. The highest BCUT2D eigenvalue weighted by molar-refractivity contribution is 5.98. The van der Waals surface area contributed by atoms with Crippen molar-refractivity contribution in [2.45, 2.75) is 32.5 Å². The molecule has 2 N–H and O–H groups in total. The Morgan fingerprint density at radius 3 is 2.55 bits per heavy atom. The summed E-state index contributed by atoms with van der Waals surface area (Å²) in [6.45, 7) is 2.92. The van der Waals surface area contributed by atoms with Crippen molar-refractivity contribution in [2.24, 2.45) is 0 Å². The fourth-order valence-electron chi connectivity index (χ4n) is 2.32. The first-order chi connectivity index (χ1) is 9.36. The number of phenolic OH excluding ortho intramolecular Hbond substituents is 2. The maximum atomic E-state index is 11.5. The van der Waals surface area contributed by atoms with Crippen molar-refractivity contribution in [1.82, 2.24) is 0 Å². The van der Waals surface area contributed by atoms with E-state index in [1.54, 1.807) is 6.92 Å². The van der Waals surface area contributed by atoms with Crippen LogP contribution < -0.4 is 0 Å². The summed E-state index contributed by atoms with van der Waals surface area (Å²) in [5.41, 5.74) is 0.579. The zero-order chi connectivity index (χ0) is 15.0. The zero-order valence-corrected chi connectivity index (χ0v) is 11.5. The van der Waals surface area contributed by atoms with Crippen LogP contribution in [0.3, 0.4) is 0 Å². The van der Waals surface area contributed by atoms with Gasteiger partial charge in [0, 0.05) is 13.5 Å². The maximum Gasteiger partial charge on any atom is 0.336 e. The fourth-order valence-corrected chi connectivity index (χ4v) is 2.32. The summed E-state index contributed by atoms with van der Waals surface area (Å²) in [6, 6.07) is 1.40. The second-order valence-corrected chi connectivity index (χ2v) is 4.79. The van der Waals surface area contributed by atoms with Gasteiger partial charge in [0.2, 0.25) is 0 Å². The lowest BCUT2D eigenvalue weighted by atomic mass is 9.95. The van der Waals surface area contributed by atoms with Gasteiger partial charge in [0.15, 0.2) is 11.9 Å². The molecule has 6 heteroatoms. The molecule has 0 saturated carbocycles. The van der Waals surface area contributed by atoms with Gasteiger partial charge in [-0.15, -0.1) is 0 Å². The van der Waals surface area contributed by atoms with E-state index in [1.807, 2.05) is 0 Å². The minimum Gasteiger partial charge on any atom is -0.507 e. The lowest BCUT2D eigenvalue weighted by Gasteiger charge is -2.17. The summed E-state index contributed by atoms with van der Waals surface area (Å²) in [5, 5.41) is 20.2. The molecule has 0 aliphatic carbocycles. The highest BCUT2D eigenvalue weighted by atomic mass is 16.6. The standard InChI is InChI=1S/C14H16O6/c1-6-4-8(7(2)15)13(17)11(12(6)16)9-5-10(19-3)14(18)20-9/h4,9-10,16-17H,5H2,1-3H3/t9-,10-/m0/s1. The van der Waals surface area contributed by atoms with Crippen LogP contribution in [0.15, 0.2) is 6.07 Å². The van der Waals surface area contributed by atoms with E-state index in [-0.39, 0.29) is 34.8 Å². The van der Waals surface area contributed by atoms with Gasteiger partial charge in [0.1, 0.15) is 17.6 Å². The molecule has 1 heterocycles. The third-order valence-corrected chi connectivity index (χ3v) is 3.43. The Bertz CT molecular complexity index is 578. The lowest BCUT2D eigenvalue weighted by Crippen LogP contribution is -2.15. The molecule has 1 aromatic rings. The van der Waals surface area contributed by atoms with E-state index in [2.05, 4.69) is 0 Å². The van der Waals surface area contributed by atoms with Gasteiger partial charge in [-0.2, -0.15) is 0 Å². The Balaban J connectivity index is 2.52. The normalized spacial score (nSPS) is 21.9. The first-order valence-corrected chi connectivity index (χ1v) is 6.16. The molecule has 1 aliphatic heterocycles. The van der Waals surface area contributed by atoms with Gasteiger partial charge in [-0.3, -0.25) is 4.79 Å². The van der Waals surface area contributed by atoms with E-state index in [0.717, 1.165) is 0 Å². The number of phenols is 2. The summed E-state index contributed by atoms with van der Waals surface area (Å²) in [4.78, 5) is 23.0. The predicted molar refractivity (Wildman–Crippen MR) is 68.8 cm³/mol. The third-order valence-electron chi connectivity index (χ3n) is 3.43. The summed E-state index contributed by atoms with van der Waals surface area (Å²) in [5.74, 6) is -1.42. The number of carbonyl (C=O) groups excluding carboxylic acids is 2. The monoisotopic (exact) mass is 280 g/mol. The Kier molecular flexibility index (Phi) is 3.67. The van der Waals surface area contributed by atoms with Crippen molar-refractivity contribution in [1.29, 1.82) is 0 Å². The van der Waals surface area contributed by atoms with Crippen LogP contribution in [0, 0.1) is 6.92 Å². The maximum absolute atomic E-state index is 11.5. The molecule has 108 valence electrons. The van der Waals surface area contributed by atoms with Crippen molar-refractivity contribution >= 4 is 11.8 Å². The van der Waals surface area contributed by atoms with Crippen LogP contribution in [0.2, 0.25) is 0 Å². The van der Waals surface area contributed by atoms with Crippen LogP contribution in [-0.4, -0.2) is 35.2 Å². The molecular weight excluding hydrogens is 264 g/mol. The van der Waals surface area contributed by atoms with E-state index in [0.29, 0.717) is 5.56 Å². The first-order valence-electron chi connectivity index (χ1n) is 6.16. The van der Waals surface area contributed by atoms with Crippen LogP contribution in [0.1, 0.15) is 40.9 Å². The van der Waals surface area contributed by atoms with Gasteiger partial charge in [0.05, 0.1) is 11.1 Å². The van der Waals surface area contributed by atoms with Crippen molar-refractivity contribution in [2.75, 3.05) is 7.11 Å². The minimum atomic E-state index is -0.828. The summed E-state index contributed by atoms with van der Waals surface area (Å²) < 4.78 is 10.1. The summed E-state index contributed by atoms with van der Waals surface area (Å²) in [7, 11) is 1.38. The van der Waals surface area contributed by atoms with Crippen molar-refractivity contribution < 1.29 is 29.3 Å². The second-order valence-electron chi connectivity index (χ2n) is 4.79. The number of hydrogen-bond acceptors (Lipinski definition) is 6. The largest absolute Gasteiger partial charge is 0.507 e. The van der Waals surface area contributed by atoms with Gasteiger partial charge >= 0.3 is 5.97 Å². The van der Waals surface area contributed by atoms with E-state index in [9.17, 15) is 19.8 Å². The Morgan fingerprint density at radius 2 is 2.05 bits per heavy atom. The number of hydrogen-bond donors (Lipinski definition) is 2. The third kappa shape index (κ3) is 2.22. The van der Waals surface area contributed by atoms with Crippen molar-refractivity contribution in [3.63, 3.8) is 0 Å². The molecule has 0 bridgehead atoms. The molecule has 1 aliphatic rings. The number of ether oxygens (including phenoxy) is 2. The minimum absolute atomic E-state index is 0.0584. The number of cyclic esters (lactones) is 1. The molecule has 0 unspecified atom stereocenters. The number of carbonyl (C=O) groups is 2. The van der Waals surface area contributed by atoms with Crippen LogP contribution >= 0.6 is 0 Å². The molecular formula is C14H16O6. The molecule has 1 aromatic carbocycles. The van der Waals surface area contributed by atoms with Crippen LogP contribution in [-0.2, 0) is 14.3 Å². The molecule has 1 saturated heterocycles. The topological polar surface area (TPSA) is 93.1 Å². The average Bonchev–Trinajstić information content (AvgIpc) is 2.74. The number of Topliss-reactive ketones (excluding diaryl/α,β-unsaturated/α-hetero) is 1. The Labute approximate surface area is 115 Å². The van der Waals surface area contributed by atoms with Crippen molar-refractivity contribution in [3.8, 4) is 11.5 Å². The molecule has 0 radical (unpaired) electrons. The second kappa shape index (κ2) is 5.13. The first kappa shape index (κ1) is 14.3. The number of aryl methyl sites for hydroxylation is 1. The zero-order valence-electron chi connectivity index (χ0n) is 11.5. The highest BCUT2D eigenvalue weighted by Crippen LogP contribution is 2.44. The number of benzene rings is 1. The molecule has 6 nitrogen and oxygen atoms in total. The number of ketones is 1. The van der Waals surface area contributed by atoms with Crippen LogP contribution in [0.5, 0.6) is 11.5 Å². The number of rotatable bonds is 3. The Hall–Kier alpha value is -2.08. The average molecular weight is 280 g/mol. The van der Waals surface area contributed by atoms with E-state index in [4.69, 9.17) is 9.47 Å². The molecule has 20 heavy (non-hydrogen) atoms. The molecule has 1 fully saturated rings. The van der Waals surface area contributed by atoms with Crippen molar-refractivity contribution in [3.05, 3.63) is 22.8 Å². The van der Waals surface area contributed by atoms with Crippen LogP contribution in [0.4, 0.5) is 0 Å². The van der Waals surface area contributed by atoms with E-state index < -0.39 is 18.2 Å². The number of aromatic hydroxyl groups is 2. The fraction of sp³-hybridized carbons (Fsp3) is 0.429. The van der Waals surface area contributed by atoms with Gasteiger partial charge in [-0.25, -0.2) is 4.79 Å². The summed E-state index contributed by atoms with van der Waals surface area (Å²) in [6.07, 6.45) is -1.39. The molecule has 0 amide bonds. The van der Waals surface area contributed by atoms with Gasteiger partial charge in [-0.1, -0.05) is 0 Å². The van der Waals surface area contributed by atoms with Gasteiger partial charge < -0.3 is 19.7 Å². The van der Waals surface area contributed by atoms with Gasteiger partial charge in [-0.05, 0) is 25.5 Å². The highest BCUT2D eigenvalue weighted by Gasteiger charge is 2.39. The number of methoxy groups -OCH3 is 1. The summed E-state index contributed by atoms with van der Waals surface area (Å²) >= 11 is 0. The quantitative estimate of drug-likeness (QED) is 0.645. The van der Waals surface area contributed by atoms with Crippen LogP contribution in [0.25, 0.3) is 0 Å². The smallest absolute Gasteiger partial charge is 0.336 e. The molecule has 2 atom stereocenters. The van der Waals surface area contributed by atoms with E-state index in [1.165, 1.54) is 20.1 Å². The Morgan fingerprint density at radius 1 is 1.40 bits per heavy atom. The lowest BCUT2D eigenvalue weighted by molar-refractivity contribution is -0.148. The number of esters is 1.